The lowest BCUT2D eigenvalue weighted by Crippen LogP contribution is -2.48. The molecule has 3 aliphatic heterocycles. The van der Waals surface area contributed by atoms with E-state index in [0.29, 0.717) is 57.4 Å². The Labute approximate surface area is 761 Å². The van der Waals surface area contributed by atoms with E-state index < -0.39 is 117 Å². The van der Waals surface area contributed by atoms with Crippen molar-refractivity contribution in [2.75, 3.05) is 32.0 Å². The molecular weight excluding hydrogens is 1840 g/mol. The third-order valence-corrected chi connectivity index (χ3v) is 27.9. The summed E-state index contributed by atoms with van der Waals surface area (Å²) in [6.45, 7) is -0.125. The number of hydrogen-bond donors (Lipinski definition) is 4. The van der Waals surface area contributed by atoms with Gasteiger partial charge >= 0.3 is 0 Å². The maximum atomic E-state index is 16.7. The van der Waals surface area contributed by atoms with Crippen LogP contribution >= 0.6 is 69.6 Å². The summed E-state index contributed by atoms with van der Waals surface area (Å²) >= 11 is 36.8. The van der Waals surface area contributed by atoms with Gasteiger partial charge in [-0.05, 0) is 164 Å². The van der Waals surface area contributed by atoms with E-state index in [1.165, 1.54) is 159 Å². The number of benzene rings is 9. The fourth-order valence-electron chi connectivity index (χ4n) is 16.0. The van der Waals surface area contributed by atoms with E-state index in [0.717, 1.165) is 41.9 Å². The number of fused-ring (bicyclic) bond motifs is 3. The first-order valence-corrected chi connectivity index (χ1v) is 47.0. The number of aliphatic hydroxyl groups is 4. The number of hydrogen-bond acceptors (Lipinski definition) is 20. The van der Waals surface area contributed by atoms with Crippen molar-refractivity contribution in [1.29, 1.82) is 0 Å². The Kier molecular flexibility index (Phi) is 24.6. The maximum absolute atomic E-state index is 16.7. The lowest BCUT2D eigenvalue weighted by Gasteiger charge is -2.40. The second-order valence-electron chi connectivity index (χ2n) is 32.3. The molecule has 3 aromatic heterocycles. The minimum absolute atomic E-state index is 0.0846. The third kappa shape index (κ3) is 17.6. The summed E-state index contributed by atoms with van der Waals surface area (Å²) in [5.41, 5.74) is -9.55. The van der Waals surface area contributed by atoms with Crippen molar-refractivity contribution in [3.05, 3.63) is 349 Å². The highest BCUT2D eigenvalue weighted by atomic mass is 35.5. The van der Waals surface area contributed by atoms with Crippen molar-refractivity contribution in [3.8, 4) is 0 Å². The zero-order valence-corrected chi connectivity index (χ0v) is 75.6. The monoisotopic (exact) mass is 1920 g/mol. The van der Waals surface area contributed by atoms with Gasteiger partial charge in [-0.15, -0.1) is 0 Å². The lowest BCUT2D eigenvalue weighted by molar-refractivity contribution is -0.139. The van der Waals surface area contributed by atoms with E-state index in [2.05, 4.69) is 15.3 Å². The van der Waals surface area contributed by atoms with Gasteiger partial charge in [0.1, 0.15) is 23.1 Å². The number of amides is 3. The number of aromatic nitrogens is 6. The Balaban J connectivity index is 0.000000148. The van der Waals surface area contributed by atoms with Gasteiger partial charge in [-0.3, -0.25) is 52.7 Å². The average molecular weight is 1920 g/mol. The first kappa shape index (κ1) is 92.2. The molecule has 6 heterocycles. The van der Waals surface area contributed by atoms with Crippen LogP contribution < -0.4 is 0 Å². The molecule has 17 rings (SSSR count). The molecule has 9 aromatic carbocycles. The summed E-state index contributed by atoms with van der Waals surface area (Å²) < 4.78 is 143. The van der Waals surface area contributed by atoms with Crippen LogP contribution in [0.2, 0.25) is 30.1 Å². The van der Waals surface area contributed by atoms with Crippen molar-refractivity contribution >= 4 is 128 Å². The third-order valence-electron chi connectivity index (χ3n) is 22.9. The van der Waals surface area contributed by atoms with Crippen LogP contribution in [0.4, 0.5) is 13.2 Å². The zero-order chi connectivity index (χ0) is 92.4. The molecule has 2 aliphatic carbocycles. The molecule has 0 spiro atoms. The number of rotatable bonds is 24. The standard InChI is InChI=1S/C32H30Cl2FN3O6S.C31H26Cl2FN3O6S.C27H20Cl2FN3O5S/c1-30(40,22-15-36-37(2)17-22)21-12-25-28(26(35)13-21)32(44-18-31(41)10-11-31,20-5-8-23(33)9-6-20)38(29(25)39)16-19-4-7-24(34)14-27(19)45(3,42)43;1-36-15-20(14-35-36)28(38)19-11-24-27(25(34)12-19)31(43-17-30(40)9-10-30,21-4-7-22(32)8-5-21)37(29(24)39)16-18-3-6-23(33)13-26(18)44(2,41)42;1-32-13-17(12-31-32)25(34)16-9-21-24(22(30)10-16)27(36,18-4-7-19(28)8-5-18)33(26(21)35)14-15-3-6-20(29)11-23(15)39(2,37)38/h4-9,12-15,17,40-41H,10-11,16,18H2,1-3H3;3-8,11-15,40H,9-10,16-17H2,1-2H3;3-13,36H,14H2,1-2H3/t30?,32-;31-;/m11./s1. The molecule has 38 heteroatoms. The summed E-state index contributed by atoms with van der Waals surface area (Å²) in [5.74, 6) is -6.06. The molecule has 4 N–H and O–H groups in total. The van der Waals surface area contributed by atoms with Gasteiger partial charge in [0, 0.05) is 122 Å². The predicted molar refractivity (Wildman–Crippen MR) is 467 cm³/mol. The summed E-state index contributed by atoms with van der Waals surface area (Å²) in [6, 6.07) is 38.1. The molecule has 128 heavy (non-hydrogen) atoms. The molecule has 12 aromatic rings. The SMILES string of the molecule is Cn1cc(C(=O)c2cc(F)c3c(c2)C(=O)N(Cc2ccc(Cl)cc2S(C)(=O)=O)C3(O)c2ccc(Cl)cc2)cn1.Cn1cc(C(=O)c2cc(F)c3c(c2)C(=O)N(Cc2ccc(Cl)cc2S(C)(=O)=O)[C@@]3(OCC2(O)CC2)c2ccc(Cl)cc2)cn1.Cn1cc(C(C)(O)c2cc(F)c3c(c2)C(=O)N(Cc2ccc(Cl)cc2S(C)(=O)=O)[C@@]3(OCC2(O)CC2)c2ccc(Cl)cc2)cn1. The molecule has 664 valence electrons. The van der Waals surface area contributed by atoms with Crippen LogP contribution in [0, 0.1) is 17.5 Å². The number of aryl methyl sites for hydroxylation is 3. The van der Waals surface area contributed by atoms with Crippen molar-refractivity contribution in [3.63, 3.8) is 0 Å². The van der Waals surface area contributed by atoms with Crippen LogP contribution in [0.1, 0.15) is 157 Å². The number of nitrogens with zero attached hydrogens (tertiary/aromatic N) is 9. The van der Waals surface area contributed by atoms with Gasteiger partial charge < -0.3 is 29.9 Å². The summed E-state index contributed by atoms with van der Waals surface area (Å²) in [7, 11) is -6.49. The molecule has 4 atom stereocenters. The average Bonchev–Trinajstić information content (AvgIpc) is 1.54. The fraction of sp³-hybridized carbons (Fsp3) is 0.244. The van der Waals surface area contributed by atoms with Crippen molar-refractivity contribution < 1.29 is 92.3 Å². The second kappa shape index (κ2) is 34.1. The Bertz CT molecular complexity index is 6960. The molecule has 2 fully saturated rings. The molecule has 3 amide bonds. The lowest BCUT2D eigenvalue weighted by atomic mass is 9.85. The van der Waals surface area contributed by atoms with E-state index in [9.17, 15) is 69.7 Å². The Hall–Kier alpha value is -10.5. The number of ether oxygens (including phenoxy) is 2. The van der Waals surface area contributed by atoms with E-state index in [-0.39, 0.29) is 140 Å². The van der Waals surface area contributed by atoms with E-state index in [1.54, 1.807) is 75.9 Å². The second-order valence-corrected chi connectivity index (χ2v) is 40.9. The maximum Gasteiger partial charge on any atom is 0.257 e. The minimum Gasteiger partial charge on any atom is -0.387 e. The van der Waals surface area contributed by atoms with Gasteiger partial charge in [-0.2, -0.15) is 15.3 Å². The zero-order valence-electron chi connectivity index (χ0n) is 68.7. The quantitative estimate of drug-likeness (QED) is 0.0408. The predicted octanol–water partition coefficient (Wildman–Crippen LogP) is 14.2. The van der Waals surface area contributed by atoms with Gasteiger partial charge in [-0.25, -0.2) is 38.4 Å². The molecule has 0 radical (unpaired) electrons. The van der Waals surface area contributed by atoms with Crippen LogP contribution in [-0.4, -0.2) is 162 Å². The molecule has 2 unspecified atom stereocenters. The summed E-state index contributed by atoms with van der Waals surface area (Å²) in [4.78, 5) is 72.1. The van der Waals surface area contributed by atoms with E-state index in [4.69, 9.17) is 79.1 Å². The normalized spacial score (nSPS) is 18.8. The van der Waals surface area contributed by atoms with Crippen LogP contribution in [0.5, 0.6) is 0 Å². The molecule has 26 nitrogen and oxygen atoms in total. The smallest absolute Gasteiger partial charge is 0.257 e. The molecule has 5 aliphatic rings. The van der Waals surface area contributed by atoms with Gasteiger partial charge in [0.2, 0.25) is 0 Å². The number of sulfone groups is 3. The highest BCUT2D eigenvalue weighted by Gasteiger charge is 2.60. The highest BCUT2D eigenvalue weighted by Crippen LogP contribution is 2.54. The van der Waals surface area contributed by atoms with Crippen molar-refractivity contribution in [2.24, 2.45) is 21.1 Å². The van der Waals surface area contributed by atoms with Crippen LogP contribution in [-0.2, 0) is 103 Å². The van der Waals surface area contributed by atoms with Crippen LogP contribution in [0.15, 0.2) is 216 Å². The number of ketones is 2. The summed E-state index contributed by atoms with van der Waals surface area (Å²) in [5, 5.41) is 59.0. The summed E-state index contributed by atoms with van der Waals surface area (Å²) in [6.07, 6.45) is 13.5. The number of halogens is 9. The first-order chi connectivity index (χ1) is 60.1. The van der Waals surface area contributed by atoms with Crippen molar-refractivity contribution in [1.82, 2.24) is 44.0 Å². The van der Waals surface area contributed by atoms with E-state index in [1.807, 2.05) is 0 Å². The van der Waals surface area contributed by atoms with Gasteiger partial charge in [0.15, 0.2) is 58.3 Å². The first-order valence-electron chi connectivity index (χ1n) is 39.0. The molecule has 2 saturated carbocycles. The Morgan fingerprint density at radius 1 is 0.414 bits per heavy atom. The topological polar surface area (TPSA) is 350 Å². The van der Waals surface area contributed by atoms with Gasteiger partial charge in [0.25, 0.3) is 17.7 Å². The van der Waals surface area contributed by atoms with Crippen LogP contribution in [0.3, 0.4) is 0 Å². The van der Waals surface area contributed by atoms with Crippen molar-refractivity contribution in [2.45, 2.75) is 101 Å². The minimum atomic E-state index is -3.82. The van der Waals surface area contributed by atoms with Crippen LogP contribution in [0.25, 0.3) is 0 Å². The molecular formula is C90H76Cl6F3N9O17S3. The Morgan fingerprint density at radius 2 is 0.734 bits per heavy atom. The molecule has 0 bridgehead atoms. The number of carbonyl (C=O) groups is 5. The Morgan fingerprint density at radius 3 is 1.09 bits per heavy atom. The fourth-order valence-corrected chi connectivity index (χ4v) is 19.9. The number of carbonyl (C=O) groups excluding carboxylic acids is 5. The van der Waals surface area contributed by atoms with E-state index >= 15 is 13.2 Å². The van der Waals surface area contributed by atoms with Gasteiger partial charge in [-0.1, -0.05) is 124 Å². The highest BCUT2D eigenvalue weighted by molar-refractivity contribution is 7.91. The largest absolute Gasteiger partial charge is 0.387 e. The molecule has 0 saturated heterocycles. The van der Waals surface area contributed by atoms with Gasteiger partial charge in [0.05, 0.1) is 122 Å².